The molecule has 4 aromatic rings. The molecule has 30 heavy (non-hydrogen) atoms. The molecule has 154 valence electrons. The minimum absolute atomic E-state index is 0.0776. The largest absolute Gasteiger partial charge is 0.351 e. The van der Waals surface area contributed by atoms with Crippen molar-refractivity contribution in [2.24, 2.45) is 0 Å². The van der Waals surface area contributed by atoms with Crippen molar-refractivity contribution in [1.82, 2.24) is 24.5 Å². The van der Waals surface area contributed by atoms with Gasteiger partial charge in [-0.3, -0.25) is 18.6 Å². The molecule has 2 heterocycles. The van der Waals surface area contributed by atoms with Crippen LogP contribution in [-0.4, -0.2) is 36.4 Å². The Morgan fingerprint density at radius 3 is 2.47 bits per heavy atom. The smallest absolute Gasteiger partial charge is 0.263 e. The second-order valence-electron chi connectivity index (χ2n) is 8.10. The Labute approximate surface area is 178 Å². The first-order chi connectivity index (χ1) is 14.3. The number of aromatic nitrogens is 4. The maximum Gasteiger partial charge on any atom is 0.263 e. The third kappa shape index (κ3) is 4.09. The van der Waals surface area contributed by atoms with Crippen molar-refractivity contribution < 1.29 is 4.79 Å². The van der Waals surface area contributed by atoms with Crippen LogP contribution in [0.15, 0.2) is 64.5 Å². The van der Waals surface area contributed by atoms with Gasteiger partial charge in [0.1, 0.15) is 0 Å². The number of hydrogen-bond acceptors (Lipinski definition) is 5. The second-order valence-corrected chi connectivity index (χ2v) is 9.04. The third-order valence-electron chi connectivity index (χ3n) is 4.51. The Balaban J connectivity index is 1.79. The fourth-order valence-electron chi connectivity index (χ4n) is 3.32. The summed E-state index contributed by atoms with van der Waals surface area (Å²) in [5.74, 6) is 0.594. The molecule has 0 aliphatic carbocycles. The molecule has 0 aliphatic heterocycles. The molecular formula is C22H23N5O2S. The zero-order valence-corrected chi connectivity index (χ0v) is 17.9. The average Bonchev–Trinajstić information content (AvgIpc) is 3.13. The van der Waals surface area contributed by atoms with Crippen molar-refractivity contribution in [2.75, 3.05) is 5.75 Å². The summed E-state index contributed by atoms with van der Waals surface area (Å²) in [7, 11) is 0. The van der Waals surface area contributed by atoms with Crippen LogP contribution in [0.5, 0.6) is 0 Å². The average molecular weight is 422 g/mol. The molecule has 2 aromatic carbocycles. The topological polar surface area (TPSA) is 81.3 Å². The lowest BCUT2D eigenvalue weighted by atomic mass is 10.1. The molecule has 7 nitrogen and oxygen atoms in total. The highest BCUT2D eigenvalue weighted by molar-refractivity contribution is 7.99. The van der Waals surface area contributed by atoms with Crippen LogP contribution in [0.3, 0.4) is 0 Å². The van der Waals surface area contributed by atoms with E-state index in [1.807, 2.05) is 73.7 Å². The maximum atomic E-state index is 13.2. The van der Waals surface area contributed by atoms with E-state index >= 15 is 0 Å². The second kappa shape index (κ2) is 7.95. The van der Waals surface area contributed by atoms with Crippen LogP contribution in [0.2, 0.25) is 0 Å². The van der Waals surface area contributed by atoms with Gasteiger partial charge in [-0.05, 0) is 38.5 Å². The summed E-state index contributed by atoms with van der Waals surface area (Å²) < 4.78 is 3.48. The van der Waals surface area contributed by atoms with E-state index in [0.717, 1.165) is 11.1 Å². The lowest BCUT2D eigenvalue weighted by Gasteiger charge is -2.20. The lowest BCUT2D eigenvalue weighted by Crippen LogP contribution is -2.41. The normalized spacial score (nSPS) is 11.8. The predicted octanol–water partition coefficient (Wildman–Crippen LogP) is 3.10. The van der Waals surface area contributed by atoms with Crippen molar-refractivity contribution in [2.45, 2.75) is 38.0 Å². The van der Waals surface area contributed by atoms with Crippen molar-refractivity contribution in [3.8, 4) is 0 Å². The number of benzene rings is 2. The molecule has 0 spiro atoms. The summed E-state index contributed by atoms with van der Waals surface area (Å²) in [5.41, 5.74) is 1.31. The molecule has 2 aromatic heterocycles. The fraction of sp³-hybridized carbons (Fsp3) is 0.273. The molecule has 8 heteroatoms. The highest BCUT2D eigenvalue weighted by atomic mass is 32.2. The van der Waals surface area contributed by atoms with E-state index in [1.165, 1.54) is 11.8 Å². The molecule has 0 saturated carbocycles. The van der Waals surface area contributed by atoms with Crippen LogP contribution in [0, 0.1) is 0 Å². The summed E-state index contributed by atoms with van der Waals surface area (Å²) >= 11 is 1.30. The molecule has 1 N–H and O–H groups in total. The third-order valence-corrected chi connectivity index (χ3v) is 5.44. The predicted molar refractivity (Wildman–Crippen MR) is 119 cm³/mol. The number of nitrogens with zero attached hydrogens (tertiary/aromatic N) is 4. The van der Waals surface area contributed by atoms with Crippen LogP contribution >= 0.6 is 11.8 Å². The van der Waals surface area contributed by atoms with Gasteiger partial charge >= 0.3 is 0 Å². The van der Waals surface area contributed by atoms with Gasteiger partial charge in [-0.2, -0.15) is 0 Å². The first-order valence-electron chi connectivity index (χ1n) is 9.68. The van der Waals surface area contributed by atoms with E-state index in [9.17, 15) is 9.59 Å². The summed E-state index contributed by atoms with van der Waals surface area (Å²) in [4.78, 5) is 25.5. The first kappa shape index (κ1) is 20.2. The van der Waals surface area contributed by atoms with Gasteiger partial charge < -0.3 is 5.32 Å². The molecule has 0 fully saturated rings. The van der Waals surface area contributed by atoms with Gasteiger partial charge in [0.2, 0.25) is 11.7 Å². The van der Waals surface area contributed by atoms with Crippen molar-refractivity contribution >= 4 is 34.3 Å². The number of hydrogen-bond donors (Lipinski definition) is 1. The molecular weight excluding hydrogens is 398 g/mol. The molecule has 0 saturated heterocycles. The van der Waals surface area contributed by atoms with Gasteiger partial charge in [0.25, 0.3) is 5.56 Å². The zero-order valence-electron chi connectivity index (χ0n) is 17.1. The number of thioether (sulfide) groups is 1. The summed E-state index contributed by atoms with van der Waals surface area (Å²) in [5, 5.41) is 12.7. The molecule has 0 bridgehead atoms. The summed E-state index contributed by atoms with van der Waals surface area (Å²) in [6, 6.07) is 17.2. The van der Waals surface area contributed by atoms with Crippen molar-refractivity contribution in [1.29, 1.82) is 0 Å². The standard InChI is InChI=1S/C22H23N5O2S/c1-22(2,3)23-18(28)14-30-21-25-24-20-26(13-15-9-5-4-6-10-15)19(29)16-11-7-8-12-17(16)27(20)21/h4-12H,13-14H2,1-3H3,(H,23,28). The van der Waals surface area contributed by atoms with Crippen LogP contribution in [-0.2, 0) is 11.3 Å². The summed E-state index contributed by atoms with van der Waals surface area (Å²) in [6.07, 6.45) is 0. The molecule has 0 unspecified atom stereocenters. The van der Waals surface area contributed by atoms with Crippen LogP contribution in [0.1, 0.15) is 26.3 Å². The maximum absolute atomic E-state index is 13.2. The quantitative estimate of drug-likeness (QED) is 0.501. The van der Waals surface area contributed by atoms with E-state index in [-0.39, 0.29) is 22.8 Å². The highest BCUT2D eigenvalue weighted by Gasteiger charge is 2.19. The number of carbonyl (C=O) groups is 1. The number of fused-ring (bicyclic) bond motifs is 3. The Morgan fingerprint density at radius 2 is 1.73 bits per heavy atom. The Kier molecular flexibility index (Phi) is 5.34. The number of rotatable bonds is 5. The summed E-state index contributed by atoms with van der Waals surface area (Å²) in [6.45, 7) is 6.22. The van der Waals surface area contributed by atoms with E-state index < -0.39 is 0 Å². The van der Waals surface area contributed by atoms with Crippen LogP contribution < -0.4 is 10.9 Å². The van der Waals surface area contributed by atoms with Gasteiger partial charge in [-0.1, -0.05) is 54.2 Å². The molecule has 0 atom stereocenters. The van der Waals surface area contributed by atoms with E-state index in [0.29, 0.717) is 22.9 Å². The number of nitrogens with one attached hydrogen (secondary N) is 1. The minimum Gasteiger partial charge on any atom is -0.351 e. The monoisotopic (exact) mass is 421 g/mol. The Morgan fingerprint density at radius 1 is 1.03 bits per heavy atom. The van der Waals surface area contributed by atoms with E-state index in [4.69, 9.17) is 0 Å². The molecule has 0 radical (unpaired) electrons. The minimum atomic E-state index is -0.298. The lowest BCUT2D eigenvalue weighted by molar-refractivity contribution is -0.119. The fourth-order valence-corrected chi connectivity index (χ4v) is 4.06. The zero-order chi connectivity index (χ0) is 21.3. The van der Waals surface area contributed by atoms with Crippen LogP contribution in [0.4, 0.5) is 0 Å². The van der Waals surface area contributed by atoms with E-state index in [2.05, 4.69) is 15.5 Å². The highest BCUT2D eigenvalue weighted by Crippen LogP contribution is 2.22. The van der Waals surface area contributed by atoms with Gasteiger partial charge in [0.05, 0.1) is 23.2 Å². The Bertz CT molecular complexity index is 1270. The molecule has 0 aliphatic rings. The van der Waals surface area contributed by atoms with Crippen molar-refractivity contribution in [3.63, 3.8) is 0 Å². The number of amides is 1. The SMILES string of the molecule is CC(C)(C)NC(=O)CSc1nnc2n(Cc3ccccc3)c(=O)c3ccccc3n12. The molecule has 4 rings (SSSR count). The molecule has 1 amide bonds. The number of para-hydroxylation sites is 1. The van der Waals surface area contributed by atoms with Crippen molar-refractivity contribution in [3.05, 3.63) is 70.5 Å². The van der Waals surface area contributed by atoms with Gasteiger partial charge in [-0.25, -0.2) is 0 Å². The van der Waals surface area contributed by atoms with Gasteiger partial charge in [0.15, 0.2) is 5.16 Å². The van der Waals surface area contributed by atoms with E-state index in [1.54, 1.807) is 10.6 Å². The first-order valence-corrected chi connectivity index (χ1v) is 10.7. The van der Waals surface area contributed by atoms with Gasteiger partial charge in [-0.15, -0.1) is 10.2 Å². The van der Waals surface area contributed by atoms with Gasteiger partial charge in [0, 0.05) is 5.54 Å². The Hall–Kier alpha value is -3.13. The number of carbonyl (C=O) groups excluding carboxylic acids is 1. The van der Waals surface area contributed by atoms with Crippen LogP contribution in [0.25, 0.3) is 16.7 Å².